The minimum Gasteiger partial charge on any atom is -0.443 e. The molecule has 58 heavy (non-hydrogen) atoms. The Kier molecular flexibility index (Phi) is 12.5. The van der Waals surface area contributed by atoms with Crippen molar-refractivity contribution in [2.24, 2.45) is 0 Å². The first-order valence-corrected chi connectivity index (χ1v) is 23.9. The van der Waals surface area contributed by atoms with Gasteiger partial charge in [0.15, 0.2) is 33.8 Å². The Labute approximate surface area is 352 Å². The second-order valence-electron chi connectivity index (χ2n) is 17.0. The van der Waals surface area contributed by atoms with E-state index in [2.05, 4.69) is 97.3 Å². The summed E-state index contributed by atoms with van der Waals surface area (Å²) in [4.78, 5) is 25.7. The number of amides is 1. The number of halogens is 3. The molecule has 7 rings (SSSR count). The van der Waals surface area contributed by atoms with E-state index in [0.29, 0.717) is 46.7 Å². The van der Waals surface area contributed by atoms with Gasteiger partial charge in [-0.3, -0.25) is 4.90 Å². The summed E-state index contributed by atoms with van der Waals surface area (Å²) < 4.78 is 50.3. The molecule has 0 unspecified atom stereocenters. The third-order valence-corrected chi connectivity index (χ3v) is 17.4. The predicted molar refractivity (Wildman–Crippen MR) is 230 cm³/mol. The van der Waals surface area contributed by atoms with Crippen LogP contribution >= 0.6 is 27.7 Å². The number of thioether (sulfide) groups is 1. The van der Waals surface area contributed by atoms with Crippen LogP contribution in [0.2, 0.25) is 5.04 Å². The van der Waals surface area contributed by atoms with Crippen LogP contribution in [0.3, 0.4) is 0 Å². The van der Waals surface area contributed by atoms with Gasteiger partial charge >= 0.3 is 6.09 Å². The van der Waals surface area contributed by atoms with E-state index in [4.69, 9.17) is 29.1 Å². The van der Waals surface area contributed by atoms with Gasteiger partial charge in [-0.15, -0.1) is 5.10 Å². The quantitative estimate of drug-likeness (QED) is 0.0496. The van der Waals surface area contributed by atoms with Crippen LogP contribution in [-0.4, -0.2) is 80.9 Å². The van der Waals surface area contributed by atoms with Gasteiger partial charge in [-0.25, -0.2) is 28.2 Å². The van der Waals surface area contributed by atoms with Gasteiger partial charge in [0.05, 0.1) is 18.8 Å². The van der Waals surface area contributed by atoms with Crippen molar-refractivity contribution in [2.45, 2.75) is 114 Å². The highest BCUT2D eigenvalue weighted by Gasteiger charge is 2.52. The molecule has 10 nitrogen and oxygen atoms in total. The first kappa shape index (κ1) is 42.4. The molecule has 1 amide bonds. The first-order chi connectivity index (χ1) is 27.6. The highest BCUT2D eigenvalue weighted by molar-refractivity contribution is 9.09. The molecule has 2 aromatic heterocycles. The molecule has 3 heterocycles. The zero-order chi connectivity index (χ0) is 41.4. The van der Waals surface area contributed by atoms with Gasteiger partial charge in [-0.2, -0.15) is 0 Å². The fraction of sp³-hybridized carbons (Fsp3) is 0.465. The van der Waals surface area contributed by atoms with Crippen LogP contribution in [0.15, 0.2) is 84.0 Å². The molecule has 0 N–H and O–H groups in total. The number of alkyl halides is 1. The highest BCUT2D eigenvalue weighted by Crippen LogP contribution is 2.48. The van der Waals surface area contributed by atoms with Crippen molar-refractivity contribution in [1.29, 1.82) is 0 Å². The van der Waals surface area contributed by atoms with Crippen molar-refractivity contribution in [3.05, 3.63) is 96.1 Å². The SMILES string of the molecule is CCCSc1nc(N(C(=O)OC(C)(C)C)[C@@H]2C[C@H]2c2ccc(F)c(F)c2)c2nnn([C@@H]3C[C@H](CBr)O[C@H]3CO[Si](c3ccccc3)(c3ccccc3)C(C)(C)C)c2n1. The lowest BCUT2D eigenvalue weighted by Gasteiger charge is -2.43. The van der Waals surface area contributed by atoms with Crippen molar-refractivity contribution < 1.29 is 27.5 Å². The molecule has 2 aliphatic rings. The van der Waals surface area contributed by atoms with E-state index < -0.39 is 43.8 Å². The van der Waals surface area contributed by atoms with Crippen LogP contribution in [-0.2, 0) is 13.9 Å². The summed E-state index contributed by atoms with van der Waals surface area (Å²) in [5.74, 6) is -1.14. The second kappa shape index (κ2) is 17.1. The Morgan fingerprint density at radius 1 is 0.966 bits per heavy atom. The van der Waals surface area contributed by atoms with Crippen molar-refractivity contribution in [2.75, 3.05) is 22.6 Å². The fourth-order valence-corrected chi connectivity index (χ4v) is 13.7. The van der Waals surface area contributed by atoms with Gasteiger partial charge in [-0.05, 0) is 73.1 Å². The topological polar surface area (TPSA) is 104 Å². The molecule has 2 fully saturated rings. The minimum absolute atomic E-state index is 0.131. The lowest BCUT2D eigenvalue weighted by atomic mass is 10.1. The van der Waals surface area contributed by atoms with Crippen LogP contribution < -0.4 is 15.3 Å². The lowest BCUT2D eigenvalue weighted by Crippen LogP contribution is -2.67. The van der Waals surface area contributed by atoms with Gasteiger partial charge in [0, 0.05) is 23.0 Å². The summed E-state index contributed by atoms with van der Waals surface area (Å²) in [6, 6.07) is 24.1. The number of fused-ring (bicyclic) bond motifs is 1. The van der Waals surface area contributed by atoms with Crippen molar-refractivity contribution >= 4 is 69.5 Å². The molecule has 0 spiro atoms. The molecule has 1 saturated carbocycles. The number of aromatic nitrogens is 5. The third-order valence-electron chi connectivity index (χ3n) is 10.7. The number of nitrogens with zero attached hydrogens (tertiary/aromatic N) is 6. The Bertz CT molecular complexity index is 2180. The fourth-order valence-electron chi connectivity index (χ4n) is 7.99. The number of hydrogen-bond donors (Lipinski definition) is 0. The number of hydrogen-bond acceptors (Lipinski definition) is 9. The van der Waals surface area contributed by atoms with E-state index in [1.54, 1.807) is 26.8 Å². The highest BCUT2D eigenvalue weighted by atomic mass is 79.9. The normalized spacial score (nSPS) is 21.0. The Hall–Kier alpha value is -3.76. The summed E-state index contributed by atoms with van der Waals surface area (Å²) in [6.07, 6.45) is 0.818. The monoisotopic (exact) mass is 892 g/mol. The minimum atomic E-state index is -2.91. The standard InChI is InChI=1S/C43H51BrF2N6O4SSi/c1-8-21-57-40-47-38(51(41(53)56-42(2,3)4)34-24-31(34)27-19-20-32(45)33(46)22-27)37-39(48-40)52(50-49-37)35-23-28(25-44)55-36(35)26-54-58(43(5,6)7,29-15-11-9-12-16-29)30-17-13-10-14-18-30/h9-20,22,28,31,34-36H,8,21,23-26H2,1-7H3/t28-,31+,34-,35-,36+/m1/s1. The smallest absolute Gasteiger partial charge is 0.416 e. The van der Waals surface area contributed by atoms with Crippen molar-refractivity contribution in [3.63, 3.8) is 0 Å². The maximum atomic E-state index is 14.4. The van der Waals surface area contributed by atoms with Crippen LogP contribution in [0.5, 0.6) is 0 Å². The molecule has 0 bridgehead atoms. The molecular weight excluding hydrogens is 843 g/mol. The van der Waals surface area contributed by atoms with E-state index >= 15 is 0 Å². The largest absolute Gasteiger partial charge is 0.443 e. The molecule has 5 aromatic rings. The first-order valence-electron chi connectivity index (χ1n) is 19.8. The van der Waals surface area contributed by atoms with Crippen molar-refractivity contribution in [1.82, 2.24) is 25.0 Å². The average molecular weight is 894 g/mol. The number of rotatable bonds is 13. The summed E-state index contributed by atoms with van der Waals surface area (Å²) in [5.41, 5.74) is 0.549. The summed E-state index contributed by atoms with van der Waals surface area (Å²) in [5, 5.41) is 12.6. The van der Waals surface area contributed by atoms with E-state index in [1.807, 2.05) is 16.8 Å². The molecule has 1 aliphatic carbocycles. The number of carbonyl (C=O) groups excluding carboxylic acids is 1. The van der Waals surface area contributed by atoms with E-state index in [1.165, 1.54) is 33.1 Å². The van der Waals surface area contributed by atoms with E-state index in [9.17, 15) is 13.6 Å². The molecular formula is C43H51BrF2N6O4SSi. The molecule has 1 saturated heterocycles. The second-order valence-corrected chi connectivity index (χ2v) is 23.1. The van der Waals surface area contributed by atoms with E-state index in [0.717, 1.165) is 18.2 Å². The van der Waals surface area contributed by atoms with E-state index in [-0.39, 0.29) is 28.9 Å². The van der Waals surface area contributed by atoms with Crippen LogP contribution in [0.4, 0.5) is 19.4 Å². The van der Waals surface area contributed by atoms with Gasteiger partial charge in [0.25, 0.3) is 8.32 Å². The third kappa shape index (κ3) is 8.61. The Balaban J connectivity index is 1.30. The predicted octanol–water partition coefficient (Wildman–Crippen LogP) is 8.97. The zero-order valence-corrected chi connectivity index (χ0v) is 37.4. The summed E-state index contributed by atoms with van der Waals surface area (Å²) >= 11 is 5.15. The molecule has 15 heteroatoms. The maximum Gasteiger partial charge on any atom is 0.416 e. The summed E-state index contributed by atoms with van der Waals surface area (Å²) in [7, 11) is -2.91. The van der Waals surface area contributed by atoms with Crippen LogP contribution in [0.1, 0.15) is 85.3 Å². The van der Waals surface area contributed by atoms with Gasteiger partial charge in [0.1, 0.15) is 11.7 Å². The molecule has 3 aromatic carbocycles. The number of carbonyl (C=O) groups is 1. The van der Waals surface area contributed by atoms with Crippen molar-refractivity contribution in [3.8, 4) is 0 Å². The molecule has 1 aliphatic heterocycles. The maximum absolute atomic E-state index is 14.4. The van der Waals surface area contributed by atoms with Gasteiger partial charge in [0.2, 0.25) is 0 Å². The molecule has 308 valence electrons. The summed E-state index contributed by atoms with van der Waals surface area (Å²) in [6.45, 7) is 14.5. The van der Waals surface area contributed by atoms with Crippen LogP contribution in [0.25, 0.3) is 11.2 Å². The zero-order valence-electron chi connectivity index (χ0n) is 34.0. The number of benzene rings is 3. The Morgan fingerprint density at radius 2 is 1.64 bits per heavy atom. The molecule has 5 atom stereocenters. The van der Waals surface area contributed by atoms with Gasteiger partial charge in [-0.1, -0.05) is 127 Å². The number of ether oxygens (including phenoxy) is 2. The molecule has 0 radical (unpaired) electrons. The van der Waals surface area contributed by atoms with Gasteiger partial charge < -0.3 is 13.9 Å². The lowest BCUT2D eigenvalue weighted by molar-refractivity contribution is 0.0137. The Morgan fingerprint density at radius 3 is 2.22 bits per heavy atom. The van der Waals surface area contributed by atoms with Crippen LogP contribution in [0, 0.1) is 11.6 Å². The average Bonchev–Trinajstić information content (AvgIpc) is 3.66. The number of anilines is 1.